The zero-order valence-electron chi connectivity index (χ0n) is 14.8. The third-order valence-electron chi connectivity index (χ3n) is 4.99. The second-order valence-electron chi connectivity index (χ2n) is 6.32. The fraction of sp³-hybridized carbons (Fsp3) is 1.00. The van der Waals surface area contributed by atoms with Crippen molar-refractivity contribution in [3.05, 3.63) is 0 Å². The molecule has 4 heteroatoms. The van der Waals surface area contributed by atoms with Crippen molar-refractivity contribution in [3.8, 4) is 0 Å². The Morgan fingerprint density at radius 2 is 1.38 bits per heavy atom. The van der Waals surface area contributed by atoms with Gasteiger partial charge in [0, 0.05) is 6.61 Å². The minimum Gasteiger partial charge on any atom is -0.417 e. The number of hydrogen-bond acceptors (Lipinski definition) is 3. The second kappa shape index (κ2) is 13.7. The molecular weight excluding hydrogens is 276 g/mol. The van der Waals surface area contributed by atoms with Gasteiger partial charge in [-0.3, -0.25) is 0 Å². The molecule has 0 fully saturated rings. The number of nitrogens with two attached hydrogens (primary N) is 2. The molecule has 21 heavy (non-hydrogen) atoms. The molecule has 0 saturated carbocycles. The van der Waals surface area contributed by atoms with E-state index in [4.69, 9.17) is 15.9 Å². The molecule has 0 amide bonds. The quantitative estimate of drug-likeness (QED) is 0.350. The largest absolute Gasteiger partial charge is 0.417 e. The Kier molecular flexibility index (Phi) is 13.8. The summed E-state index contributed by atoms with van der Waals surface area (Å²) in [6, 6.07) is 3.78. The van der Waals surface area contributed by atoms with Crippen molar-refractivity contribution in [1.82, 2.24) is 0 Å². The zero-order valence-corrected chi connectivity index (χ0v) is 15.8. The van der Waals surface area contributed by atoms with Crippen LogP contribution in [0.25, 0.3) is 0 Å². The monoisotopic (exact) mass is 316 g/mol. The van der Waals surface area contributed by atoms with Crippen molar-refractivity contribution in [2.75, 3.05) is 19.7 Å². The van der Waals surface area contributed by atoms with Gasteiger partial charge in [0.25, 0.3) is 0 Å². The maximum Gasteiger partial charge on any atom is 0.191 e. The average molecular weight is 317 g/mol. The van der Waals surface area contributed by atoms with E-state index < -0.39 is 8.32 Å². The molecule has 0 aliphatic rings. The van der Waals surface area contributed by atoms with Crippen molar-refractivity contribution in [1.29, 1.82) is 0 Å². The topological polar surface area (TPSA) is 61.3 Å². The van der Waals surface area contributed by atoms with E-state index >= 15 is 0 Å². The van der Waals surface area contributed by atoms with Crippen LogP contribution in [-0.2, 0) is 4.43 Å². The van der Waals surface area contributed by atoms with E-state index in [0.29, 0.717) is 0 Å². The van der Waals surface area contributed by atoms with Crippen LogP contribution in [0.1, 0.15) is 65.7 Å². The van der Waals surface area contributed by atoms with Crippen LogP contribution in [-0.4, -0.2) is 28.0 Å². The van der Waals surface area contributed by atoms with Crippen LogP contribution in [0.3, 0.4) is 0 Å². The van der Waals surface area contributed by atoms with Gasteiger partial charge >= 0.3 is 0 Å². The molecule has 128 valence electrons. The fourth-order valence-electron chi connectivity index (χ4n) is 3.13. The highest BCUT2D eigenvalue weighted by atomic mass is 28.4. The van der Waals surface area contributed by atoms with E-state index in [9.17, 15) is 0 Å². The minimum atomic E-state index is -1.36. The van der Waals surface area contributed by atoms with Crippen molar-refractivity contribution < 1.29 is 4.43 Å². The van der Waals surface area contributed by atoms with E-state index in [1.165, 1.54) is 50.2 Å². The van der Waals surface area contributed by atoms with Gasteiger partial charge in [-0.15, -0.1) is 0 Å². The first kappa shape index (κ1) is 21.1. The van der Waals surface area contributed by atoms with Crippen LogP contribution in [0.4, 0.5) is 0 Å². The van der Waals surface area contributed by atoms with Crippen LogP contribution < -0.4 is 11.5 Å². The summed E-state index contributed by atoms with van der Waals surface area (Å²) in [5.74, 6) is 0.787. The number of hydrogen-bond donors (Lipinski definition) is 2. The Hall–Kier alpha value is 0.0969. The molecular formula is C17H40N2OSi. The normalized spacial score (nSPS) is 13.6. The third-order valence-corrected chi connectivity index (χ3v) is 9.67. The van der Waals surface area contributed by atoms with Gasteiger partial charge in [0.05, 0.1) is 0 Å². The second-order valence-corrected chi connectivity index (χ2v) is 11.1. The van der Waals surface area contributed by atoms with Crippen LogP contribution in [0.5, 0.6) is 0 Å². The highest BCUT2D eigenvalue weighted by Crippen LogP contribution is 2.22. The van der Waals surface area contributed by atoms with Crippen molar-refractivity contribution in [2.45, 2.75) is 83.8 Å². The Morgan fingerprint density at radius 1 is 0.762 bits per heavy atom. The predicted octanol–water partition coefficient (Wildman–Crippen LogP) is 4.27. The lowest BCUT2D eigenvalue weighted by Crippen LogP contribution is -2.36. The van der Waals surface area contributed by atoms with Gasteiger partial charge in [0.1, 0.15) is 0 Å². The van der Waals surface area contributed by atoms with E-state index in [2.05, 4.69) is 20.8 Å². The summed E-state index contributed by atoms with van der Waals surface area (Å²) >= 11 is 0. The lowest BCUT2D eigenvalue weighted by molar-refractivity contribution is 0.284. The van der Waals surface area contributed by atoms with E-state index in [1.807, 2.05) is 0 Å². The summed E-state index contributed by atoms with van der Waals surface area (Å²) in [7, 11) is -1.36. The van der Waals surface area contributed by atoms with E-state index in [-0.39, 0.29) is 0 Å². The Balaban J connectivity index is 3.73. The first-order valence-electron chi connectivity index (χ1n) is 9.22. The molecule has 3 nitrogen and oxygen atoms in total. The number of rotatable bonds is 15. The van der Waals surface area contributed by atoms with Crippen molar-refractivity contribution in [2.24, 2.45) is 17.4 Å². The molecule has 1 atom stereocenters. The Bertz CT molecular complexity index is 215. The summed E-state index contributed by atoms with van der Waals surface area (Å²) in [6.45, 7) is 9.50. The van der Waals surface area contributed by atoms with Gasteiger partial charge < -0.3 is 15.9 Å². The van der Waals surface area contributed by atoms with Gasteiger partial charge in [-0.2, -0.15) is 0 Å². The van der Waals surface area contributed by atoms with Crippen LogP contribution in [0, 0.1) is 5.92 Å². The maximum absolute atomic E-state index is 6.30. The molecule has 0 bridgehead atoms. The molecule has 0 saturated heterocycles. The van der Waals surface area contributed by atoms with Gasteiger partial charge in [0.15, 0.2) is 8.32 Å². The molecule has 0 radical (unpaired) electrons. The highest BCUT2D eigenvalue weighted by Gasteiger charge is 2.28. The van der Waals surface area contributed by atoms with E-state index in [1.54, 1.807) is 0 Å². The van der Waals surface area contributed by atoms with Gasteiger partial charge in [-0.25, -0.2) is 0 Å². The average Bonchev–Trinajstić information content (AvgIpc) is 2.52. The molecule has 0 heterocycles. The van der Waals surface area contributed by atoms with Crippen LogP contribution >= 0.6 is 0 Å². The molecule has 0 aromatic rings. The summed E-state index contributed by atoms with van der Waals surface area (Å²) in [5.41, 5.74) is 11.3. The molecule has 0 spiro atoms. The molecule has 0 aromatic carbocycles. The van der Waals surface area contributed by atoms with Gasteiger partial charge in [-0.1, -0.05) is 40.0 Å². The molecule has 0 aliphatic heterocycles. The van der Waals surface area contributed by atoms with Crippen molar-refractivity contribution >= 4 is 8.32 Å². The molecule has 0 aliphatic carbocycles. The standard InChI is InChI=1S/C17H40N2OSi/c1-4-21(5-2,6-3)20-16-9-7-8-11-17(13-15-19)12-10-14-18/h17H,4-16,18-19H2,1-3H3. The summed E-state index contributed by atoms with van der Waals surface area (Å²) in [4.78, 5) is 0. The lowest BCUT2D eigenvalue weighted by Gasteiger charge is -2.28. The van der Waals surface area contributed by atoms with Gasteiger partial charge in [0.2, 0.25) is 0 Å². The van der Waals surface area contributed by atoms with E-state index in [0.717, 1.165) is 38.5 Å². The predicted molar refractivity (Wildman–Crippen MR) is 97.1 cm³/mol. The fourth-order valence-corrected chi connectivity index (χ4v) is 5.82. The smallest absolute Gasteiger partial charge is 0.191 e. The summed E-state index contributed by atoms with van der Waals surface area (Å²) in [5, 5.41) is 0. The first-order chi connectivity index (χ1) is 10.2. The van der Waals surface area contributed by atoms with Gasteiger partial charge in [-0.05, 0) is 62.8 Å². The molecule has 0 aromatic heterocycles. The first-order valence-corrected chi connectivity index (χ1v) is 11.7. The summed E-state index contributed by atoms with van der Waals surface area (Å²) in [6.07, 6.45) is 8.71. The van der Waals surface area contributed by atoms with Crippen LogP contribution in [0.15, 0.2) is 0 Å². The van der Waals surface area contributed by atoms with Crippen LogP contribution in [0.2, 0.25) is 18.1 Å². The third kappa shape index (κ3) is 9.66. The molecule has 0 rings (SSSR count). The zero-order chi connectivity index (χ0) is 16.0. The Morgan fingerprint density at radius 3 is 1.90 bits per heavy atom. The highest BCUT2D eigenvalue weighted by molar-refractivity contribution is 6.73. The van der Waals surface area contributed by atoms with Crippen molar-refractivity contribution in [3.63, 3.8) is 0 Å². The maximum atomic E-state index is 6.30. The summed E-state index contributed by atoms with van der Waals surface area (Å²) < 4.78 is 6.30. The lowest BCUT2D eigenvalue weighted by atomic mass is 9.93. The molecule has 4 N–H and O–H groups in total. The minimum absolute atomic E-state index is 0.787. The molecule has 1 unspecified atom stereocenters. The SMILES string of the molecule is CC[Si](CC)(CC)OCCCCCC(CCN)CCCN. The number of unbranched alkanes of at least 4 members (excludes halogenated alkanes) is 2. The Labute approximate surface area is 134 Å².